The van der Waals surface area contributed by atoms with Crippen LogP contribution in [-0.2, 0) is 15.8 Å². The van der Waals surface area contributed by atoms with Crippen molar-refractivity contribution in [3.63, 3.8) is 0 Å². The topological polar surface area (TPSA) is 67.2 Å². The van der Waals surface area contributed by atoms with Gasteiger partial charge in [0.2, 0.25) is 0 Å². The first kappa shape index (κ1) is 25.7. The van der Waals surface area contributed by atoms with Crippen molar-refractivity contribution in [2.45, 2.75) is 44.6 Å². The monoisotopic (exact) mass is 477 g/mol. The summed E-state index contributed by atoms with van der Waals surface area (Å²) in [7, 11) is -2.86. The standard InChI is InChI=1S/C27H32FN3O2Si/c1-27(2,3)34(23-15-9-5-10-16-23,24-17-11-6-12-18-24)33-21-26(30-31-29)25(28)20-32-19-22-13-7-4-8-14-22/h4-18,25-26H,19-21H2,1-3H3/t25-,26-/m1/s1. The molecule has 7 heteroatoms. The second kappa shape index (κ2) is 11.9. The van der Waals surface area contributed by atoms with Gasteiger partial charge < -0.3 is 9.16 Å². The van der Waals surface area contributed by atoms with Crippen molar-refractivity contribution < 1.29 is 13.6 Å². The fraction of sp³-hybridized carbons (Fsp3) is 0.333. The number of ether oxygens (including phenoxy) is 1. The summed E-state index contributed by atoms with van der Waals surface area (Å²) in [5.74, 6) is 0. The molecule has 0 amide bonds. The van der Waals surface area contributed by atoms with Crippen LogP contribution in [0.15, 0.2) is 96.1 Å². The van der Waals surface area contributed by atoms with E-state index in [4.69, 9.17) is 14.7 Å². The molecule has 34 heavy (non-hydrogen) atoms. The van der Waals surface area contributed by atoms with Crippen LogP contribution in [0.25, 0.3) is 10.4 Å². The second-order valence-corrected chi connectivity index (χ2v) is 13.6. The Morgan fingerprint density at radius 1 is 0.853 bits per heavy atom. The maximum Gasteiger partial charge on any atom is 0.261 e. The Hall–Kier alpha value is -2.96. The number of alkyl halides is 1. The fourth-order valence-electron chi connectivity index (χ4n) is 4.22. The molecule has 0 fully saturated rings. The summed E-state index contributed by atoms with van der Waals surface area (Å²) in [5, 5.41) is 5.66. The van der Waals surface area contributed by atoms with Crippen LogP contribution < -0.4 is 10.4 Å². The van der Waals surface area contributed by atoms with Gasteiger partial charge in [0.05, 0.1) is 19.3 Å². The summed E-state index contributed by atoms with van der Waals surface area (Å²) >= 11 is 0. The van der Waals surface area contributed by atoms with Crippen molar-refractivity contribution in [1.82, 2.24) is 0 Å². The van der Waals surface area contributed by atoms with E-state index in [9.17, 15) is 0 Å². The Kier molecular flexibility index (Phi) is 9.02. The zero-order valence-corrected chi connectivity index (χ0v) is 21.0. The van der Waals surface area contributed by atoms with E-state index in [1.54, 1.807) is 0 Å². The molecule has 0 unspecified atom stereocenters. The molecule has 0 aliphatic rings. The Morgan fingerprint density at radius 2 is 1.35 bits per heavy atom. The molecule has 0 aliphatic carbocycles. The van der Waals surface area contributed by atoms with Gasteiger partial charge in [-0.3, -0.25) is 0 Å². The van der Waals surface area contributed by atoms with Gasteiger partial charge in [-0.2, -0.15) is 0 Å². The third kappa shape index (κ3) is 6.13. The van der Waals surface area contributed by atoms with Gasteiger partial charge in [-0.25, -0.2) is 4.39 Å². The van der Waals surface area contributed by atoms with E-state index in [1.165, 1.54) is 0 Å². The predicted octanol–water partition coefficient (Wildman–Crippen LogP) is 5.80. The summed E-state index contributed by atoms with van der Waals surface area (Å²) in [4.78, 5) is 2.90. The lowest BCUT2D eigenvalue weighted by molar-refractivity contribution is 0.0510. The van der Waals surface area contributed by atoms with Gasteiger partial charge in [0.15, 0.2) is 0 Å². The molecule has 0 spiro atoms. The molecular formula is C27H32FN3O2Si. The van der Waals surface area contributed by atoms with Gasteiger partial charge >= 0.3 is 0 Å². The number of nitrogens with zero attached hydrogens (tertiary/aromatic N) is 3. The van der Waals surface area contributed by atoms with Gasteiger partial charge in [-0.15, -0.1) is 0 Å². The van der Waals surface area contributed by atoms with E-state index < -0.39 is 20.5 Å². The van der Waals surface area contributed by atoms with E-state index in [-0.39, 0.29) is 18.3 Å². The maximum absolute atomic E-state index is 15.2. The number of rotatable bonds is 11. The van der Waals surface area contributed by atoms with E-state index in [1.807, 2.05) is 66.7 Å². The molecule has 0 aliphatic heterocycles. The van der Waals surface area contributed by atoms with Gasteiger partial charge in [-0.05, 0) is 26.5 Å². The van der Waals surface area contributed by atoms with Crippen molar-refractivity contribution in [3.05, 3.63) is 107 Å². The van der Waals surface area contributed by atoms with Gasteiger partial charge in [0.25, 0.3) is 8.32 Å². The minimum absolute atomic E-state index is 0.0345. The van der Waals surface area contributed by atoms with Crippen LogP contribution in [0.1, 0.15) is 26.3 Å². The summed E-state index contributed by atoms with van der Waals surface area (Å²) < 4.78 is 27.5. The number of azide groups is 1. The molecule has 5 nitrogen and oxygen atoms in total. The molecule has 2 atom stereocenters. The minimum Gasteiger partial charge on any atom is -0.407 e. The van der Waals surface area contributed by atoms with Crippen molar-refractivity contribution in [2.24, 2.45) is 5.11 Å². The van der Waals surface area contributed by atoms with Crippen LogP contribution in [0.5, 0.6) is 0 Å². The Balaban J connectivity index is 1.84. The lowest BCUT2D eigenvalue weighted by Gasteiger charge is -2.43. The SMILES string of the molecule is CC(C)(C)[Si](OC[C@@H](N=[N+]=[N-])[C@H](F)COCc1ccccc1)(c1ccccc1)c1ccccc1. The number of hydrogen-bond acceptors (Lipinski definition) is 3. The van der Waals surface area contributed by atoms with Gasteiger partial charge in [-0.1, -0.05) is 117 Å². The van der Waals surface area contributed by atoms with Crippen molar-refractivity contribution >= 4 is 18.7 Å². The van der Waals surface area contributed by atoms with Crippen molar-refractivity contribution in [1.29, 1.82) is 0 Å². The quantitative estimate of drug-likeness (QED) is 0.152. The molecule has 0 saturated carbocycles. The third-order valence-electron chi connectivity index (χ3n) is 5.89. The number of halogens is 1. The molecule has 3 rings (SSSR count). The first-order valence-corrected chi connectivity index (χ1v) is 13.3. The lowest BCUT2D eigenvalue weighted by Crippen LogP contribution is -2.67. The van der Waals surface area contributed by atoms with Crippen LogP contribution in [0.2, 0.25) is 5.04 Å². The highest BCUT2D eigenvalue weighted by Crippen LogP contribution is 2.37. The molecule has 0 N–H and O–H groups in total. The molecule has 0 saturated heterocycles. The molecule has 0 aromatic heterocycles. The highest BCUT2D eigenvalue weighted by atomic mass is 28.4. The van der Waals surface area contributed by atoms with E-state index in [2.05, 4.69) is 55.1 Å². The maximum atomic E-state index is 15.2. The highest BCUT2D eigenvalue weighted by Gasteiger charge is 2.50. The predicted molar refractivity (Wildman–Crippen MR) is 138 cm³/mol. The Labute approximate surface area is 202 Å². The van der Waals surface area contributed by atoms with Gasteiger partial charge in [0, 0.05) is 11.5 Å². The average molecular weight is 478 g/mol. The van der Waals surface area contributed by atoms with E-state index >= 15 is 4.39 Å². The number of benzene rings is 3. The first-order chi connectivity index (χ1) is 16.4. The van der Waals surface area contributed by atoms with E-state index in [0.29, 0.717) is 6.61 Å². The third-order valence-corrected chi connectivity index (χ3v) is 10.9. The molecule has 3 aromatic carbocycles. The largest absolute Gasteiger partial charge is 0.407 e. The molecular weight excluding hydrogens is 445 g/mol. The van der Waals surface area contributed by atoms with Crippen LogP contribution >= 0.6 is 0 Å². The van der Waals surface area contributed by atoms with Crippen molar-refractivity contribution in [2.75, 3.05) is 13.2 Å². The highest BCUT2D eigenvalue weighted by molar-refractivity contribution is 6.99. The average Bonchev–Trinajstić information content (AvgIpc) is 2.85. The zero-order valence-electron chi connectivity index (χ0n) is 20.0. The van der Waals surface area contributed by atoms with Crippen LogP contribution in [-0.4, -0.2) is 33.7 Å². The normalized spacial score (nSPS) is 13.6. The lowest BCUT2D eigenvalue weighted by atomic mass is 10.2. The molecule has 3 aromatic rings. The molecule has 0 radical (unpaired) electrons. The van der Waals surface area contributed by atoms with Crippen LogP contribution in [0.3, 0.4) is 0 Å². The smallest absolute Gasteiger partial charge is 0.261 e. The van der Waals surface area contributed by atoms with Gasteiger partial charge in [0.1, 0.15) is 6.17 Å². The minimum atomic E-state index is -2.86. The molecule has 0 heterocycles. The molecule has 0 bridgehead atoms. The molecule has 178 valence electrons. The van der Waals surface area contributed by atoms with Crippen LogP contribution in [0, 0.1) is 0 Å². The summed E-state index contributed by atoms with van der Waals surface area (Å²) in [5.41, 5.74) is 10.1. The number of hydrogen-bond donors (Lipinski definition) is 0. The second-order valence-electron chi connectivity index (χ2n) is 9.26. The summed E-state index contributed by atoms with van der Waals surface area (Å²) in [6.45, 7) is 6.53. The van der Waals surface area contributed by atoms with Crippen molar-refractivity contribution in [3.8, 4) is 0 Å². The Morgan fingerprint density at radius 3 is 1.82 bits per heavy atom. The van der Waals surface area contributed by atoms with E-state index in [0.717, 1.165) is 15.9 Å². The Bertz CT molecular complexity index is 1020. The van der Waals surface area contributed by atoms with Crippen LogP contribution in [0.4, 0.5) is 4.39 Å². The first-order valence-electron chi connectivity index (χ1n) is 11.4. The fourth-order valence-corrected chi connectivity index (χ4v) is 8.80. The zero-order chi connectivity index (χ0) is 24.4. The summed E-state index contributed by atoms with van der Waals surface area (Å²) in [6.07, 6.45) is -1.49. The summed E-state index contributed by atoms with van der Waals surface area (Å²) in [6, 6.07) is 28.8.